The maximum atomic E-state index is 10.6. The van der Waals surface area contributed by atoms with Crippen molar-refractivity contribution in [2.75, 3.05) is 12.1 Å². The van der Waals surface area contributed by atoms with Crippen molar-refractivity contribution in [3.63, 3.8) is 0 Å². The molecule has 0 fully saturated rings. The largest absolute Gasteiger partial charge is 2.00 e. The average Bonchev–Trinajstić information content (AvgIpc) is 2.35. The van der Waals surface area contributed by atoms with Gasteiger partial charge in [-0.2, -0.15) is 0 Å². The molecule has 0 rings (SSSR count). The Kier molecular flexibility index (Phi) is 26.8. The van der Waals surface area contributed by atoms with Crippen molar-refractivity contribution < 1.29 is 56.7 Å². The average molecular weight is 585 g/mol. The molecule has 0 heterocycles. The van der Waals surface area contributed by atoms with Crippen LogP contribution in [0.2, 0.25) is 0 Å². The summed E-state index contributed by atoms with van der Waals surface area (Å²) in [6.45, 7) is 0. The fraction of sp³-hybridized carbons (Fsp3) is 1.00. The van der Waals surface area contributed by atoms with Crippen LogP contribution in [0.25, 0.3) is 0 Å². The van der Waals surface area contributed by atoms with E-state index < -0.39 is 52.2 Å². The van der Waals surface area contributed by atoms with E-state index in [0.29, 0.717) is 0 Å². The molecule has 0 aromatic carbocycles. The first-order valence-corrected chi connectivity index (χ1v) is 13.2. The molecule has 0 saturated heterocycles. The summed E-state index contributed by atoms with van der Waals surface area (Å²) in [7, 11) is -20.6. The van der Waals surface area contributed by atoms with Gasteiger partial charge in [0.15, 0.2) is 15.2 Å². The van der Waals surface area contributed by atoms with E-state index in [1.54, 1.807) is 0 Å². The molecule has 0 aliphatic rings. The summed E-state index contributed by atoms with van der Waals surface area (Å²) in [6, 6.07) is -1.58. The smallest absolute Gasteiger partial charge is 0.809 e. The molecule has 0 aliphatic carbocycles. The van der Waals surface area contributed by atoms with E-state index in [-0.39, 0.29) is 69.2 Å². The van der Waals surface area contributed by atoms with E-state index >= 15 is 0 Å². The quantitative estimate of drug-likeness (QED) is 0.161. The fourth-order valence-corrected chi connectivity index (χ4v) is 5.45. The van der Waals surface area contributed by atoms with Gasteiger partial charge < -0.3 is 56.7 Å². The maximum Gasteiger partial charge on any atom is 2.00 e. The standard InChI is InChI=1S/2C2H6Cl2O6P2.3Mg/c2*3-1-10-12(8,9)2(4)11(5,6)7;;;/h2*2H,1H2,(H,8,9)(H2,5,6,7);;;/q;;3*+2/p-6. The van der Waals surface area contributed by atoms with Crippen LogP contribution in [0.15, 0.2) is 0 Å². The first-order valence-electron chi connectivity index (χ1n) is 4.77. The second kappa shape index (κ2) is 17.5. The first-order chi connectivity index (χ1) is 10.4. The van der Waals surface area contributed by atoms with E-state index in [4.69, 9.17) is 46.4 Å². The normalized spacial score (nSPS) is 17.9. The van der Waals surface area contributed by atoms with E-state index in [2.05, 4.69) is 9.05 Å². The summed E-state index contributed by atoms with van der Waals surface area (Å²) >= 11 is 19.2. The molecule has 23 heteroatoms. The van der Waals surface area contributed by atoms with Crippen molar-refractivity contribution in [1.82, 2.24) is 0 Å². The van der Waals surface area contributed by atoms with Gasteiger partial charge in [0.05, 0.1) is 0 Å². The molecule has 0 amide bonds. The minimum absolute atomic E-state index is 0. The van der Waals surface area contributed by atoms with Crippen LogP contribution in [-0.4, -0.2) is 91.0 Å². The van der Waals surface area contributed by atoms with Crippen molar-refractivity contribution in [2.45, 2.75) is 9.72 Å². The Hall–Kier alpha value is 4.06. The second-order valence-electron chi connectivity index (χ2n) is 3.26. The van der Waals surface area contributed by atoms with Gasteiger partial charge in [0, 0.05) is 0 Å². The third-order valence-electron chi connectivity index (χ3n) is 1.50. The number of rotatable bonds is 8. The number of alkyl halides is 4. The van der Waals surface area contributed by atoms with Crippen LogP contribution < -0.4 is 29.4 Å². The molecule has 0 aromatic heterocycles. The predicted octanol–water partition coefficient (Wildman–Crippen LogP) is -2.76. The van der Waals surface area contributed by atoms with Gasteiger partial charge in [-0.3, -0.25) is 0 Å². The molecule has 12 nitrogen and oxygen atoms in total. The second-order valence-corrected chi connectivity index (χ2v) is 13.5. The third-order valence-corrected chi connectivity index (χ3v) is 11.4. The van der Waals surface area contributed by atoms with Gasteiger partial charge in [0.1, 0.15) is 21.9 Å². The minimum Gasteiger partial charge on any atom is -0.809 e. The predicted molar refractivity (Wildman–Crippen MR) is 90.6 cm³/mol. The summed E-state index contributed by atoms with van der Waals surface area (Å²) in [4.78, 5) is 56.4. The van der Waals surface area contributed by atoms with E-state index in [9.17, 15) is 47.6 Å². The van der Waals surface area contributed by atoms with Crippen molar-refractivity contribution >= 4 is 146 Å². The van der Waals surface area contributed by atoms with Crippen LogP contribution in [0, 0.1) is 0 Å². The first kappa shape index (κ1) is 41.3. The van der Waals surface area contributed by atoms with Crippen molar-refractivity contribution in [3.8, 4) is 0 Å². The van der Waals surface area contributed by atoms with Crippen LogP contribution >= 0.6 is 76.8 Å². The molecule has 0 N–H and O–H groups in total. The Labute approximate surface area is 222 Å². The zero-order valence-corrected chi connectivity index (χ0v) is 23.7. The molecular formula is C4H6Cl4Mg3O12P4. The minimum atomic E-state index is -5.40. The Balaban J connectivity index is -0.000000108. The van der Waals surface area contributed by atoms with Crippen LogP contribution in [0.4, 0.5) is 0 Å². The van der Waals surface area contributed by atoms with Gasteiger partial charge in [-0.25, -0.2) is 0 Å². The van der Waals surface area contributed by atoms with Crippen molar-refractivity contribution in [2.24, 2.45) is 0 Å². The number of hydrogen-bond donors (Lipinski definition) is 0. The zero-order valence-electron chi connectivity index (χ0n) is 12.9. The van der Waals surface area contributed by atoms with Crippen molar-refractivity contribution in [3.05, 3.63) is 0 Å². The number of hydrogen-bond acceptors (Lipinski definition) is 12. The van der Waals surface area contributed by atoms with Gasteiger partial charge in [-0.1, -0.05) is 23.2 Å². The molecule has 148 valence electrons. The fourth-order valence-electron chi connectivity index (χ4n) is 0.605. The van der Waals surface area contributed by atoms with Crippen molar-refractivity contribution in [1.29, 1.82) is 0 Å². The van der Waals surface area contributed by atoms with Gasteiger partial charge in [0.2, 0.25) is 0 Å². The summed E-state index contributed by atoms with van der Waals surface area (Å²) in [5.74, 6) is 0. The molecule has 0 radical (unpaired) electrons. The van der Waals surface area contributed by atoms with Gasteiger partial charge in [-0.15, -0.1) is 23.2 Å². The maximum absolute atomic E-state index is 10.6. The van der Waals surface area contributed by atoms with Crippen LogP contribution in [0.5, 0.6) is 0 Å². The summed E-state index contributed by atoms with van der Waals surface area (Å²) < 4.78 is 48.9. The van der Waals surface area contributed by atoms with E-state index in [0.717, 1.165) is 0 Å². The monoisotopic (exact) mass is 582 g/mol. The SMILES string of the molecule is O=P([O-])([O-])C(Cl)P(=O)([O-])OCCl.O=P([O-])([O-])C(Cl)P(=O)([O-])OCCl.[Mg+2].[Mg+2].[Mg+2]. The Morgan fingerprint density at radius 3 is 0.926 bits per heavy atom. The van der Waals surface area contributed by atoms with E-state index in [1.807, 2.05) is 0 Å². The molecule has 27 heavy (non-hydrogen) atoms. The van der Waals surface area contributed by atoms with Gasteiger partial charge in [0.25, 0.3) is 0 Å². The van der Waals surface area contributed by atoms with E-state index in [1.165, 1.54) is 0 Å². The van der Waals surface area contributed by atoms with Crippen LogP contribution in [0.1, 0.15) is 0 Å². The van der Waals surface area contributed by atoms with Crippen LogP contribution in [0.3, 0.4) is 0 Å². The molecule has 0 aliphatic heterocycles. The van der Waals surface area contributed by atoms with Gasteiger partial charge >= 0.3 is 69.2 Å². The molecule has 4 atom stereocenters. The summed E-state index contributed by atoms with van der Waals surface area (Å²) in [6.07, 6.45) is 0. The third kappa shape index (κ3) is 18.2. The Morgan fingerprint density at radius 2 is 0.815 bits per heavy atom. The molecule has 0 saturated carbocycles. The molecule has 0 spiro atoms. The topological polar surface area (TPSA) is 225 Å². The molecule has 0 bridgehead atoms. The van der Waals surface area contributed by atoms with Gasteiger partial charge in [-0.05, 0) is 15.2 Å². The van der Waals surface area contributed by atoms with Crippen LogP contribution in [-0.2, 0) is 27.3 Å². The molecule has 0 aromatic rings. The molecule has 4 unspecified atom stereocenters. The Morgan fingerprint density at radius 1 is 0.630 bits per heavy atom. The molecular weight excluding hydrogens is 579 g/mol. The summed E-state index contributed by atoms with van der Waals surface area (Å²) in [5.41, 5.74) is 0. The number of halogens is 4. The Bertz CT molecular complexity index is 535. The zero-order chi connectivity index (χ0) is 20.0. The summed E-state index contributed by atoms with van der Waals surface area (Å²) in [5, 5.41) is 0.